The molecule has 0 bridgehead atoms. The van der Waals surface area contributed by atoms with Gasteiger partial charge in [-0.25, -0.2) is 9.97 Å². The molecule has 0 radical (unpaired) electrons. The van der Waals surface area contributed by atoms with E-state index in [4.69, 9.17) is 22.6 Å². The van der Waals surface area contributed by atoms with Crippen molar-refractivity contribution >= 4 is 40.6 Å². The van der Waals surface area contributed by atoms with E-state index in [1.54, 1.807) is 12.1 Å². The minimum absolute atomic E-state index is 0.0474. The summed E-state index contributed by atoms with van der Waals surface area (Å²) in [5.74, 6) is -0.578. The summed E-state index contributed by atoms with van der Waals surface area (Å²) in [4.78, 5) is 34.6. The third-order valence-corrected chi connectivity index (χ3v) is 6.42. The maximum Gasteiger partial charge on any atom is 0.435 e. The highest BCUT2D eigenvalue weighted by Gasteiger charge is 2.38. The van der Waals surface area contributed by atoms with Crippen LogP contribution in [-0.2, 0) is 17.5 Å². The fraction of sp³-hybridized carbons (Fsp3) is 0.250. The number of nitrogens with zero attached hydrogens (tertiary/aromatic N) is 7. The number of likely N-dealkylation sites (tertiary alicyclic amines) is 1. The number of carbonyl (C=O) groups is 2. The lowest BCUT2D eigenvalue weighted by Gasteiger charge is -2.36. The fourth-order valence-corrected chi connectivity index (χ4v) is 4.44. The molecule has 3 aromatic heterocycles. The molecule has 1 aliphatic heterocycles. The molecule has 0 spiro atoms. The van der Waals surface area contributed by atoms with Gasteiger partial charge in [-0.15, -0.1) is 0 Å². The van der Waals surface area contributed by atoms with Crippen LogP contribution in [0.25, 0.3) is 16.9 Å². The van der Waals surface area contributed by atoms with E-state index in [0.29, 0.717) is 18.8 Å². The number of nitriles is 1. The van der Waals surface area contributed by atoms with Crippen molar-refractivity contribution in [1.82, 2.24) is 34.4 Å². The second-order valence-corrected chi connectivity index (χ2v) is 9.33. The minimum Gasteiger partial charge on any atom is -0.343 e. The molecule has 1 fully saturated rings. The summed E-state index contributed by atoms with van der Waals surface area (Å²) < 4.78 is 43.3. The number of fused-ring (bicyclic) bond motifs is 1. The number of nitrogens with two attached hydrogens (primary N) is 1. The lowest BCUT2D eigenvalue weighted by molar-refractivity contribution is -0.141. The van der Waals surface area contributed by atoms with E-state index in [2.05, 4.69) is 25.7 Å². The molecule has 5 rings (SSSR count). The number of amides is 2. The Morgan fingerprint density at radius 1 is 1.25 bits per heavy atom. The molecule has 4 heterocycles. The molecule has 40 heavy (non-hydrogen) atoms. The molecule has 16 heteroatoms. The standard InChI is InChI=1S/C24H20ClF3N10O2/c25-17-7-14(1-2-15(17)23(40)33-9-19(39)36-10-13(30)11-36)34-21-22-32-8-18(38(22)6-4-31-21)16-12-37(5-3-29)35-20(16)24(26,27)28/h1-2,4,6-8,12-13H,5,9-11,30H2,(H,31,34)(H,33,40). The molecular weight excluding hydrogens is 553 g/mol. The normalized spacial score (nSPS) is 13.7. The van der Waals surface area contributed by atoms with Crippen molar-refractivity contribution < 1.29 is 22.8 Å². The molecule has 0 unspecified atom stereocenters. The predicted octanol–water partition coefficient (Wildman–Crippen LogP) is 2.43. The van der Waals surface area contributed by atoms with E-state index in [1.165, 1.54) is 40.0 Å². The Kier molecular flexibility index (Phi) is 7.04. The molecule has 1 aliphatic rings. The molecule has 1 aromatic carbocycles. The Bertz CT molecular complexity index is 1650. The summed E-state index contributed by atoms with van der Waals surface area (Å²) in [7, 11) is 0. The van der Waals surface area contributed by atoms with Crippen molar-refractivity contribution in [3.63, 3.8) is 0 Å². The number of nitrogens with one attached hydrogen (secondary N) is 2. The number of aromatic nitrogens is 5. The largest absolute Gasteiger partial charge is 0.435 e. The predicted molar refractivity (Wildman–Crippen MR) is 136 cm³/mol. The average molecular weight is 573 g/mol. The zero-order valence-electron chi connectivity index (χ0n) is 20.5. The van der Waals surface area contributed by atoms with Crippen LogP contribution in [0.2, 0.25) is 5.02 Å². The number of benzene rings is 1. The van der Waals surface area contributed by atoms with E-state index in [-0.39, 0.29) is 58.3 Å². The first-order valence-corrected chi connectivity index (χ1v) is 12.1. The number of carbonyl (C=O) groups excluding carboxylic acids is 2. The number of hydrogen-bond donors (Lipinski definition) is 3. The fourth-order valence-electron chi connectivity index (χ4n) is 4.17. The highest BCUT2D eigenvalue weighted by molar-refractivity contribution is 6.34. The number of alkyl halides is 3. The molecule has 4 aromatic rings. The third kappa shape index (κ3) is 5.26. The van der Waals surface area contributed by atoms with Gasteiger partial charge in [-0.05, 0) is 18.2 Å². The van der Waals surface area contributed by atoms with Crippen molar-refractivity contribution in [2.24, 2.45) is 5.73 Å². The number of halogens is 4. The highest BCUT2D eigenvalue weighted by atomic mass is 35.5. The van der Waals surface area contributed by atoms with Crippen molar-refractivity contribution in [1.29, 1.82) is 5.26 Å². The van der Waals surface area contributed by atoms with Crippen LogP contribution in [0.5, 0.6) is 0 Å². The minimum atomic E-state index is -4.76. The molecule has 0 saturated carbocycles. The van der Waals surface area contributed by atoms with Crippen LogP contribution in [0.3, 0.4) is 0 Å². The van der Waals surface area contributed by atoms with E-state index >= 15 is 0 Å². The van der Waals surface area contributed by atoms with Gasteiger partial charge in [0.2, 0.25) is 5.91 Å². The number of rotatable bonds is 7. The zero-order valence-corrected chi connectivity index (χ0v) is 21.2. The Labute approximate surface area is 229 Å². The second kappa shape index (κ2) is 10.5. The summed E-state index contributed by atoms with van der Waals surface area (Å²) in [5.41, 5.74) is 5.14. The van der Waals surface area contributed by atoms with Gasteiger partial charge in [0.1, 0.15) is 6.54 Å². The second-order valence-electron chi connectivity index (χ2n) is 8.92. The first-order chi connectivity index (χ1) is 19.0. The molecule has 1 saturated heterocycles. The van der Waals surface area contributed by atoms with Gasteiger partial charge < -0.3 is 21.3 Å². The molecule has 2 amide bonds. The van der Waals surface area contributed by atoms with Gasteiger partial charge >= 0.3 is 6.18 Å². The molecule has 206 valence electrons. The monoisotopic (exact) mass is 572 g/mol. The lowest BCUT2D eigenvalue weighted by atomic mass is 10.1. The molecule has 0 atom stereocenters. The van der Waals surface area contributed by atoms with Gasteiger partial charge in [0.25, 0.3) is 5.91 Å². The van der Waals surface area contributed by atoms with E-state index in [1.807, 2.05) is 0 Å². The Morgan fingerprint density at radius 3 is 2.70 bits per heavy atom. The van der Waals surface area contributed by atoms with Crippen LogP contribution in [0.4, 0.5) is 24.7 Å². The van der Waals surface area contributed by atoms with Crippen molar-refractivity contribution in [2.75, 3.05) is 25.0 Å². The summed E-state index contributed by atoms with van der Waals surface area (Å²) in [6.45, 7) is 0.347. The summed E-state index contributed by atoms with van der Waals surface area (Å²) >= 11 is 6.32. The van der Waals surface area contributed by atoms with Gasteiger partial charge in [0.05, 0.1) is 40.7 Å². The average Bonchev–Trinajstić information content (AvgIpc) is 3.50. The quantitative estimate of drug-likeness (QED) is 0.304. The van der Waals surface area contributed by atoms with Crippen LogP contribution < -0.4 is 16.4 Å². The molecule has 12 nitrogen and oxygen atoms in total. The maximum atomic E-state index is 13.7. The van der Waals surface area contributed by atoms with E-state index < -0.39 is 17.8 Å². The topological polar surface area (TPSA) is 159 Å². The number of imidazole rings is 1. The highest BCUT2D eigenvalue weighted by Crippen LogP contribution is 2.37. The van der Waals surface area contributed by atoms with Crippen LogP contribution >= 0.6 is 11.6 Å². The van der Waals surface area contributed by atoms with E-state index in [9.17, 15) is 22.8 Å². The van der Waals surface area contributed by atoms with Gasteiger partial charge in [-0.2, -0.15) is 23.5 Å². The third-order valence-electron chi connectivity index (χ3n) is 6.11. The van der Waals surface area contributed by atoms with Gasteiger partial charge in [0.15, 0.2) is 17.2 Å². The summed E-state index contributed by atoms with van der Waals surface area (Å²) in [6, 6.07) is 6.20. The Morgan fingerprint density at radius 2 is 2.02 bits per heavy atom. The summed E-state index contributed by atoms with van der Waals surface area (Å²) in [5, 5.41) is 18.0. The Hall–Kier alpha value is -4.68. The molecular formula is C24H20ClF3N10O2. The molecule has 4 N–H and O–H groups in total. The van der Waals surface area contributed by atoms with Gasteiger partial charge in [-0.3, -0.25) is 18.7 Å². The zero-order chi connectivity index (χ0) is 28.6. The van der Waals surface area contributed by atoms with Crippen molar-refractivity contribution in [2.45, 2.75) is 18.8 Å². The number of anilines is 2. The summed E-state index contributed by atoms with van der Waals surface area (Å²) in [6.07, 6.45) is 0.452. The maximum absolute atomic E-state index is 13.7. The van der Waals surface area contributed by atoms with Crippen molar-refractivity contribution in [3.8, 4) is 17.3 Å². The van der Waals surface area contributed by atoms with Crippen LogP contribution in [-0.4, -0.2) is 66.5 Å². The number of hydrogen-bond acceptors (Lipinski definition) is 8. The van der Waals surface area contributed by atoms with Crippen LogP contribution in [0.1, 0.15) is 16.1 Å². The van der Waals surface area contributed by atoms with E-state index in [0.717, 1.165) is 10.9 Å². The first kappa shape index (κ1) is 26.9. The smallest absolute Gasteiger partial charge is 0.343 e. The van der Waals surface area contributed by atoms with Crippen LogP contribution in [0, 0.1) is 11.3 Å². The van der Waals surface area contributed by atoms with Gasteiger partial charge in [-0.1, -0.05) is 11.6 Å². The molecule has 0 aliphatic carbocycles. The van der Waals surface area contributed by atoms with Crippen molar-refractivity contribution in [3.05, 3.63) is 59.3 Å². The lowest BCUT2D eigenvalue weighted by Crippen LogP contribution is -2.59. The Balaban J connectivity index is 1.36. The van der Waals surface area contributed by atoms with Gasteiger partial charge in [0, 0.05) is 43.4 Å². The van der Waals surface area contributed by atoms with Crippen LogP contribution in [0.15, 0.2) is 43.0 Å². The SMILES string of the molecule is N#CCn1cc(-c2cnc3c(Nc4ccc(C(=O)NCC(=O)N5CC(N)C5)c(Cl)c4)nccn23)c(C(F)(F)F)n1. The first-order valence-electron chi connectivity index (χ1n) is 11.8.